The Morgan fingerprint density at radius 1 is 1.15 bits per heavy atom. The van der Waals surface area contributed by atoms with Crippen LogP contribution in [0.3, 0.4) is 0 Å². The SMILES string of the molecule is CC(C)N(CC(=O)O)CC(=O)NC(=O)Nc1ccc2c(c1)OCCCO2. The number of carboxylic acids is 1. The molecule has 0 aromatic heterocycles. The van der Waals surface area contributed by atoms with Crippen LogP contribution in [-0.2, 0) is 9.59 Å². The lowest BCUT2D eigenvalue weighted by atomic mass is 10.3. The molecule has 0 aliphatic carbocycles. The van der Waals surface area contributed by atoms with Gasteiger partial charge >= 0.3 is 12.0 Å². The van der Waals surface area contributed by atoms with E-state index in [1.54, 1.807) is 32.0 Å². The average molecular weight is 365 g/mol. The predicted octanol–water partition coefficient (Wildman–Crippen LogP) is 1.29. The molecule has 1 aliphatic heterocycles. The first-order valence-electron chi connectivity index (χ1n) is 8.31. The van der Waals surface area contributed by atoms with Crippen LogP contribution in [0.1, 0.15) is 20.3 Å². The van der Waals surface area contributed by atoms with Gasteiger partial charge in [-0.2, -0.15) is 0 Å². The number of carboxylic acid groups (broad SMARTS) is 1. The molecule has 2 rings (SSSR count). The Kier molecular flexibility index (Phi) is 6.79. The Morgan fingerprint density at radius 3 is 2.50 bits per heavy atom. The number of rotatable bonds is 6. The van der Waals surface area contributed by atoms with Gasteiger partial charge in [0.25, 0.3) is 0 Å². The first-order chi connectivity index (χ1) is 12.3. The maximum Gasteiger partial charge on any atom is 0.325 e. The molecule has 3 amide bonds. The van der Waals surface area contributed by atoms with Crippen LogP contribution >= 0.6 is 0 Å². The van der Waals surface area contributed by atoms with Crippen molar-refractivity contribution in [3.8, 4) is 11.5 Å². The molecule has 0 unspecified atom stereocenters. The zero-order valence-electron chi connectivity index (χ0n) is 14.8. The smallest absolute Gasteiger partial charge is 0.325 e. The fourth-order valence-electron chi connectivity index (χ4n) is 2.35. The van der Waals surface area contributed by atoms with Gasteiger partial charge in [-0.05, 0) is 26.0 Å². The summed E-state index contributed by atoms with van der Waals surface area (Å²) in [7, 11) is 0. The van der Waals surface area contributed by atoms with Crippen molar-refractivity contribution in [2.45, 2.75) is 26.3 Å². The predicted molar refractivity (Wildman–Crippen MR) is 93.6 cm³/mol. The van der Waals surface area contributed by atoms with Gasteiger partial charge in [-0.25, -0.2) is 4.79 Å². The van der Waals surface area contributed by atoms with Crippen LogP contribution in [0, 0.1) is 0 Å². The molecule has 0 spiro atoms. The van der Waals surface area contributed by atoms with Gasteiger partial charge in [0.1, 0.15) is 0 Å². The average Bonchev–Trinajstić information content (AvgIpc) is 2.78. The van der Waals surface area contributed by atoms with E-state index < -0.39 is 17.9 Å². The maximum absolute atomic E-state index is 12.0. The summed E-state index contributed by atoms with van der Waals surface area (Å²) >= 11 is 0. The third-order valence-electron chi connectivity index (χ3n) is 3.67. The minimum Gasteiger partial charge on any atom is -0.490 e. The zero-order valence-corrected chi connectivity index (χ0v) is 14.8. The molecule has 0 radical (unpaired) electrons. The Morgan fingerprint density at radius 2 is 1.85 bits per heavy atom. The molecule has 1 heterocycles. The molecule has 0 saturated heterocycles. The fourth-order valence-corrected chi connectivity index (χ4v) is 2.35. The Labute approximate surface area is 151 Å². The van der Waals surface area contributed by atoms with Crippen LogP contribution in [-0.4, -0.2) is 60.3 Å². The van der Waals surface area contributed by atoms with E-state index in [4.69, 9.17) is 14.6 Å². The number of urea groups is 1. The van der Waals surface area contributed by atoms with E-state index in [1.807, 2.05) is 0 Å². The first-order valence-corrected chi connectivity index (χ1v) is 8.31. The number of anilines is 1. The van der Waals surface area contributed by atoms with Gasteiger partial charge in [0.05, 0.1) is 26.3 Å². The lowest BCUT2D eigenvalue weighted by Crippen LogP contribution is -2.45. The van der Waals surface area contributed by atoms with Crippen LogP contribution in [0.4, 0.5) is 10.5 Å². The number of imide groups is 1. The van der Waals surface area contributed by atoms with E-state index in [0.717, 1.165) is 6.42 Å². The molecule has 0 atom stereocenters. The number of benzene rings is 1. The number of hydrogen-bond donors (Lipinski definition) is 3. The molecular formula is C17H23N3O6. The van der Waals surface area contributed by atoms with E-state index in [2.05, 4.69) is 10.6 Å². The lowest BCUT2D eigenvalue weighted by Gasteiger charge is -2.23. The van der Waals surface area contributed by atoms with Crippen molar-refractivity contribution in [2.24, 2.45) is 0 Å². The van der Waals surface area contributed by atoms with Crippen molar-refractivity contribution in [2.75, 3.05) is 31.6 Å². The van der Waals surface area contributed by atoms with Crippen molar-refractivity contribution < 1.29 is 29.0 Å². The summed E-state index contributed by atoms with van der Waals surface area (Å²) in [5, 5.41) is 13.6. The highest BCUT2D eigenvalue weighted by Crippen LogP contribution is 2.32. The monoisotopic (exact) mass is 365 g/mol. The lowest BCUT2D eigenvalue weighted by molar-refractivity contribution is -0.139. The minimum absolute atomic E-state index is 0.151. The largest absolute Gasteiger partial charge is 0.490 e. The number of hydrogen-bond acceptors (Lipinski definition) is 6. The number of carbonyl (C=O) groups is 3. The minimum atomic E-state index is -1.04. The number of nitrogens with zero attached hydrogens (tertiary/aromatic N) is 1. The highest BCUT2D eigenvalue weighted by molar-refractivity contribution is 6.02. The topological polar surface area (TPSA) is 117 Å². The number of fused-ring (bicyclic) bond motifs is 1. The van der Waals surface area contributed by atoms with Crippen molar-refractivity contribution in [3.05, 3.63) is 18.2 Å². The van der Waals surface area contributed by atoms with Crippen LogP contribution in [0.15, 0.2) is 18.2 Å². The molecule has 1 aromatic carbocycles. The number of nitrogens with one attached hydrogen (secondary N) is 2. The molecule has 0 fully saturated rings. The Hall–Kier alpha value is -2.81. The van der Waals surface area contributed by atoms with Gasteiger partial charge in [0.15, 0.2) is 11.5 Å². The number of ether oxygens (including phenoxy) is 2. The second-order valence-electron chi connectivity index (χ2n) is 6.11. The van der Waals surface area contributed by atoms with Gasteiger partial charge in [0.2, 0.25) is 5.91 Å². The van der Waals surface area contributed by atoms with Gasteiger partial charge in [-0.15, -0.1) is 0 Å². The normalized spacial score (nSPS) is 13.2. The molecule has 1 aliphatic rings. The first kappa shape index (κ1) is 19.5. The zero-order chi connectivity index (χ0) is 19.1. The molecule has 26 heavy (non-hydrogen) atoms. The molecule has 9 nitrogen and oxygen atoms in total. The summed E-state index contributed by atoms with van der Waals surface area (Å²) in [4.78, 5) is 36.2. The summed E-state index contributed by atoms with van der Waals surface area (Å²) in [5.74, 6) is -0.500. The van der Waals surface area contributed by atoms with E-state index >= 15 is 0 Å². The number of carbonyl (C=O) groups excluding carboxylic acids is 2. The second-order valence-corrected chi connectivity index (χ2v) is 6.11. The van der Waals surface area contributed by atoms with E-state index in [0.29, 0.717) is 30.4 Å². The van der Waals surface area contributed by atoms with E-state index in [9.17, 15) is 14.4 Å². The Balaban J connectivity index is 1.90. The second kappa shape index (κ2) is 9.04. The molecule has 142 valence electrons. The standard InChI is InChI=1S/C17H23N3O6/c1-11(2)20(10-16(22)23)9-15(21)19-17(24)18-12-4-5-13-14(8-12)26-7-3-6-25-13/h4-5,8,11H,3,6-7,9-10H2,1-2H3,(H,22,23)(H2,18,19,21,24). The summed E-state index contributed by atoms with van der Waals surface area (Å²) in [6.45, 7) is 4.16. The van der Waals surface area contributed by atoms with E-state index in [1.165, 1.54) is 4.90 Å². The molecule has 0 saturated carbocycles. The molecule has 9 heteroatoms. The van der Waals surface area contributed by atoms with Gasteiger partial charge in [-0.1, -0.05) is 0 Å². The quantitative estimate of drug-likeness (QED) is 0.695. The molecule has 1 aromatic rings. The maximum atomic E-state index is 12.0. The summed E-state index contributed by atoms with van der Waals surface area (Å²) in [5.41, 5.74) is 0.450. The fraction of sp³-hybridized carbons (Fsp3) is 0.471. The van der Waals surface area contributed by atoms with E-state index in [-0.39, 0.29) is 19.1 Å². The summed E-state index contributed by atoms with van der Waals surface area (Å²) in [6.07, 6.45) is 0.773. The van der Waals surface area contributed by atoms with Crippen molar-refractivity contribution in [1.29, 1.82) is 0 Å². The summed E-state index contributed by atoms with van der Waals surface area (Å²) < 4.78 is 11.1. The highest BCUT2D eigenvalue weighted by Gasteiger charge is 2.19. The number of amides is 3. The van der Waals surface area contributed by atoms with Crippen molar-refractivity contribution in [1.82, 2.24) is 10.2 Å². The van der Waals surface area contributed by atoms with Gasteiger partial charge < -0.3 is 19.9 Å². The Bertz CT molecular complexity index is 676. The van der Waals surface area contributed by atoms with Crippen LogP contribution in [0.2, 0.25) is 0 Å². The van der Waals surface area contributed by atoms with Crippen LogP contribution in [0.5, 0.6) is 11.5 Å². The third-order valence-corrected chi connectivity index (χ3v) is 3.67. The van der Waals surface area contributed by atoms with Gasteiger partial charge in [0, 0.05) is 24.2 Å². The van der Waals surface area contributed by atoms with Crippen molar-refractivity contribution >= 4 is 23.6 Å². The van der Waals surface area contributed by atoms with Crippen molar-refractivity contribution in [3.63, 3.8) is 0 Å². The number of aliphatic carboxylic acids is 1. The highest BCUT2D eigenvalue weighted by atomic mass is 16.5. The van der Waals surface area contributed by atoms with Gasteiger partial charge in [-0.3, -0.25) is 19.8 Å². The molecule has 0 bridgehead atoms. The third kappa shape index (κ3) is 5.92. The van der Waals surface area contributed by atoms with Crippen LogP contribution < -0.4 is 20.1 Å². The van der Waals surface area contributed by atoms with Crippen LogP contribution in [0.25, 0.3) is 0 Å². The summed E-state index contributed by atoms with van der Waals surface area (Å²) in [6, 6.07) is 4.09. The molecule has 3 N–H and O–H groups in total. The molecular weight excluding hydrogens is 342 g/mol.